The Morgan fingerprint density at radius 3 is 2.55 bits per heavy atom. The highest BCUT2D eigenvalue weighted by Gasteiger charge is 2.41. The Balaban J connectivity index is 1.44. The van der Waals surface area contributed by atoms with E-state index in [1.165, 1.54) is 7.11 Å². The number of unbranched alkanes of at least 4 members (excludes halogenated alkanes) is 1. The first-order chi connectivity index (χ1) is 13.9. The normalized spacial score (nSPS) is 21.9. The molecule has 0 saturated carbocycles. The zero-order valence-electron chi connectivity index (χ0n) is 17.2. The second-order valence-corrected chi connectivity index (χ2v) is 7.52. The summed E-state index contributed by atoms with van der Waals surface area (Å²) in [5, 5.41) is 0. The van der Waals surface area contributed by atoms with Crippen LogP contribution in [0.25, 0.3) is 11.5 Å². The topological polar surface area (TPSA) is 70.8 Å². The van der Waals surface area contributed by atoms with Crippen molar-refractivity contribution in [2.24, 2.45) is 5.92 Å². The molecular formula is C22H28FNO5. The number of halogens is 1. The van der Waals surface area contributed by atoms with Gasteiger partial charge in [-0.3, -0.25) is 0 Å². The van der Waals surface area contributed by atoms with Crippen molar-refractivity contribution in [2.45, 2.75) is 52.0 Å². The zero-order chi connectivity index (χ0) is 20.9. The smallest absolute Gasteiger partial charge is 0.366 e. The minimum Gasteiger partial charge on any atom is -0.465 e. The van der Waals surface area contributed by atoms with Crippen molar-refractivity contribution >= 4 is 5.97 Å². The van der Waals surface area contributed by atoms with Gasteiger partial charge in [-0.2, -0.15) is 0 Å². The van der Waals surface area contributed by atoms with Crippen LogP contribution in [0.2, 0.25) is 0 Å². The van der Waals surface area contributed by atoms with Crippen LogP contribution in [0.15, 0.2) is 28.7 Å². The highest BCUT2D eigenvalue weighted by Crippen LogP contribution is 2.27. The van der Waals surface area contributed by atoms with E-state index in [0.717, 1.165) is 42.7 Å². The molecule has 0 amide bonds. The third-order valence-electron chi connectivity index (χ3n) is 5.27. The standard InChI is InChI=1S/C22H28FNO5/c1-15-19(24-20(29-15)18-10-8-16(12-23)9-11-18)7-5-4-6-17-13-27-22(2,28-14-17)21(25)26-3/h8-11,17H,4-7,12-14H2,1-3H3. The number of rotatable bonds is 8. The van der Waals surface area contributed by atoms with E-state index in [1.807, 2.05) is 19.1 Å². The fraction of sp³-hybridized carbons (Fsp3) is 0.545. The van der Waals surface area contributed by atoms with E-state index in [-0.39, 0.29) is 5.92 Å². The Hall–Kier alpha value is -2.25. The lowest BCUT2D eigenvalue weighted by molar-refractivity contribution is -0.272. The predicted molar refractivity (Wildman–Crippen MR) is 105 cm³/mol. The molecule has 1 aromatic carbocycles. The maximum Gasteiger partial charge on any atom is 0.366 e. The number of esters is 1. The number of nitrogens with zero attached hydrogens (tertiary/aromatic N) is 1. The molecule has 6 nitrogen and oxygen atoms in total. The number of benzene rings is 1. The molecule has 2 aromatic rings. The molecule has 7 heteroatoms. The quantitative estimate of drug-likeness (QED) is 0.479. The molecule has 3 rings (SSSR count). The molecule has 1 aliphatic heterocycles. The SMILES string of the molecule is COC(=O)C1(C)OCC(CCCCc2nc(-c3ccc(CF)cc3)oc2C)CO1. The number of aromatic nitrogens is 1. The monoisotopic (exact) mass is 405 g/mol. The molecule has 0 bridgehead atoms. The third kappa shape index (κ3) is 5.22. The van der Waals surface area contributed by atoms with Crippen molar-refractivity contribution in [1.29, 1.82) is 0 Å². The molecule has 158 valence electrons. The van der Waals surface area contributed by atoms with Crippen LogP contribution >= 0.6 is 0 Å². The number of methoxy groups -OCH3 is 1. The van der Waals surface area contributed by atoms with Crippen LogP contribution in [0, 0.1) is 12.8 Å². The Bertz CT molecular complexity index is 809. The van der Waals surface area contributed by atoms with Crippen LogP contribution in [-0.4, -0.2) is 37.1 Å². The molecule has 1 aromatic heterocycles. The Morgan fingerprint density at radius 2 is 1.93 bits per heavy atom. The molecule has 0 N–H and O–H groups in total. The number of aryl methyl sites for hydroxylation is 2. The van der Waals surface area contributed by atoms with Crippen LogP contribution in [0.4, 0.5) is 4.39 Å². The second-order valence-electron chi connectivity index (χ2n) is 7.52. The van der Waals surface area contributed by atoms with Gasteiger partial charge in [0.15, 0.2) is 0 Å². The molecule has 0 unspecified atom stereocenters. The van der Waals surface area contributed by atoms with Crippen LogP contribution in [0.3, 0.4) is 0 Å². The minimum atomic E-state index is -1.29. The van der Waals surface area contributed by atoms with E-state index in [2.05, 4.69) is 4.98 Å². The molecule has 2 heterocycles. The maximum atomic E-state index is 12.6. The molecule has 0 aliphatic carbocycles. The molecule has 1 aliphatic rings. The van der Waals surface area contributed by atoms with Gasteiger partial charge in [-0.1, -0.05) is 18.6 Å². The summed E-state index contributed by atoms with van der Waals surface area (Å²) in [6.45, 7) is 3.99. The van der Waals surface area contributed by atoms with Crippen molar-refractivity contribution in [2.75, 3.05) is 20.3 Å². The number of carbonyl (C=O) groups excluding carboxylic acids is 1. The van der Waals surface area contributed by atoms with Crippen LogP contribution < -0.4 is 0 Å². The lowest BCUT2D eigenvalue weighted by Gasteiger charge is -2.35. The average molecular weight is 405 g/mol. The number of carbonyl (C=O) groups is 1. The molecule has 0 radical (unpaired) electrons. The Labute approximate surface area is 170 Å². The van der Waals surface area contributed by atoms with Crippen molar-refractivity contribution < 1.29 is 27.8 Å². The maximum absolute atomic E-state index is 12.6. The van der Waals surface area contributed by atoms with Gasteiger partial charge >= 0.3 is 5.97 Å². The van der Waals surface area contributed by atoms with Crippen molar-refractivity contribution in [1.82, 2.24) is 4.98 Å². The number of alkyl halides is 1. The molecular weight excluding hydrogens is 377 g/mol. The lowest BCUT2D eigenvalue weighted by Crippen LogP contribution is -2.48. The lowest BCUT2D eigenvalue weighted by atomic mass is 10.0. The average Bonchev–Trinajstić information content (AvgIpc) is 3.12. The van der Waals surface area contributed by atoms with Gasteiger partial charge in [0.2, 0.25) is 5.89 Å². The van der Waals surface area contributed by atoms with Crippen molar-refractivity contribution in [3.05, 3.63) is 41.3 Å². The predicted octanol–water partition coefficient (Wildman–Crippen LogP) is 4.38. The number of hydrogen-bond acceptors (Lipinski definition) is 6. The van der Waals surface area contributed by atoms with Crippen LogP contribution in [0.1, 0.15) is 43.2 Å². The van der Waals surface area contributed by atoms with Gasteiger partial charge in [0.1, 0.15) is 12.4 Å². The first-order valence-corrected chi connectivity index (χ1v) is 9.93. The van der Waals surface area contributed by atoms with Crippen LogP contribution in [0.5, 0.6) is 0 Å². The summed E-state index contributed by atoms with van der Waals surface area (Å²) in [5.41, 5.74) is 2.44. The molecule has 1 fully saturated rings. The van der Waals surface area contributed by atoms with E-state index in [4.69, 9.17) is 18.6 Å². The van der Waals surface area contributed by atoms with E-state index >= 15 is 0 Å². The van der Waals surface area contributed by atoms with E-state index in [0.29, 0.717) is 24.7 Å². The molecule has 0 atom stereocenters. The Kier molecular flexibility index (Phi) is 7.03. The number of hydrogen-bond donors (Lipinski definition) is 0. The fourth-order valence-corrected chi connectivity index (χ4v) is 3.36. The van der Waals surface area contributed by atoms with Crippen molar-refractivity contribution in [3.63, 3.8) is 0 Å². The summed E-state index contributed by atoms with van der Waals surface area (Å²) in [6, 6.07) is 7.15. The summed E-state index contributed by atoms with van der Waals surface area (Å²) in [6.07, 6.45) is 3.75. The largest absolute Gasteiger partial charge is 0.465 e. The van der Waals surface area contributed by atoms with Gasteiger partial charge in [-0.05, 0) is 43.9 Å². The van der Waals surface area contributed by atoms with Crippen LogP contribution in [-0.2, 0) is 32.1 Å². The fourth-order valence-electron chi connectivity index (χ4n) is 3.36. The Morgan fingerprint density at radius 1 is 1.24 bits per heavy atom. The second kappa shape index (κ2) is 9.50. The van der Waals surface area contributed by atoms with Gasteiger partial charge in [0.05, 0.1) is 26.0 Å². The highest BCUT2D eigenvalue weighted by atomic mass is 19.1. The zero-order valence-corrected chi connectivity index (χ0v) is 17.2. The van der Waals surface area contributed by atoms with Gasteiger partial charge in [-0.25, -0.2) is 14.2 Å². The van der Waals surface area contributed by atoms with E-state index in [9.17, 15) is 9.18 Å². The summed E-state index contributed by atoms with van der Waals surface area (Å²) < 4.78 is 34.3. The summed E-state index contributed by atoms with van der Waals surface area (Å²) >= 11 is 0. The van der Waals surface area contributed by atoms with Gasteiger partial charge in [0, 0.05) is 18.4 Å². The van der Waals surface area contributed by atoms with Crippen molar-refractivity contribution in [3.8, 4) is 11.5 Å². The first kappa shape index (κ1) is 21.5. The number of oxazole rings is 1. The van der Waals surface area contributed by atoms with E-state index < -0.39 is 18.4 Å². The summed E-state index contributed by atoms with van der Waals surface area (Å²) in [7, 11) is 1.32. The van der Waals surface area contributed by atoms with Gasteiger partial charge in [0.25, 0.3) is 5.79 Å². The third-order valence-corrected chi connectivity index (χ3v) is 5.27. The van der Waals surface area contributed by atoms with Gasteiger partial charge < -0.3 is 18.6 Å². The summed E-state index contributed by atoms with van der Waals surface area (Å²) in [5.74, 6) is -0.155. The molecule has 29 heavy (non-hydrogen) atoms. The number of ether oxygens (including phenoxy) is 3. The molecule has 0 spiro atoms. The highest BCUT2D eigenvalue weighted by molar-refractivity contribution is 5.77. The minimum absolute atomic E-state index is 0.260. The first-order valence-electron chi connectivity index (χ1n) is 9.93. The molecule has 1 saturated heterocycles. The van der Waals surface area contributed by atoms with Gasteiger partial charge in [-0.15, -0.1) is 0 Å². The van der Waals surface area contributed by atoms with E-state index in [1.54, 1.807) is 19.1 Å². The summed E-state index contributed by atoms with van der Waals surface area (Å²) in [4.78, 5) is 16.3.